The molecule has 0 bridgehead atoms. The minimum Gasteiger partial charge on any atom is -0.462 e. The molecule has 0 amide bonds. The van der Waals surface area contributed by atoms with Gasteiger partial charge in [0.15, 0.2) is 0 Å². The molecule has 2 heterocycles. The first-order chi connectivity index (χ1) is 11.2. The molecule has 1 saturated heterocycles. The number of fused-ring (bicyclic) bond motifs is 1. The normalized spacial score (nSPS) is 16.8. The Morgan fingerprint density at radius 3 is 2.78 bits per heavy atom. The van der Waals surface area contributed by atoms with E-state index in [1.54, 1.807) is 6.92 Å². The van der Waals surface area contributed by atoms with Gasteiger partial charge in [-0.05, 0) is 44.8 Å². The Morgan fingerprint density at radius 1 is 1.35 bits per heavy atom. The van der Waals surface area contributed by atoms with Gasteiger partial charge in [-0.1, -0.05) is 18.2 Å². The predicted molar refractivity (Wildman–Crippen MR) is 87.3 cm³/mol. The molecule has 1 fully saturated rings. The molecule has 1 aromatic carbocycles. The lowest BCUT2D eigenvalue weighted by Crippen LogP contribution is -2.34. The van der Waals surface area contributed by atoms with Crippen molar-refractivity contribution in [3.63, 3.8) is 0 Å². The third-order valence-electron chi connectivity index (χ3n) is 4.48. The molecule has 0 spiro atoms. The van der Waals surface area contributed by atoms with Crippen molar-refractivity contribution in [3.8, 4) is 0 Å². The Bertz CT molecular complexity index is 671. The third-order valence-corrected chi connectivity index (χ3v) is 4.48. The van der Waals surface area contributed by atoms with Crippen LogP contribution in [0.2, 0.25) is 0 Å². The number of ether oxygens (including phenoxy) is 1. The molecule has 1 N–H and O–H groups in total. The van der Waals surface area contributed by atoms with E-state index >= 15 is 0 Å². The molecule has 1 aromatic heterocycles. The largest absolute Gasteiger partial charge is 0.462 e. The molecule has 5 nitrogen and oxygen atoms in total. The van der Waals surface area contributed by atoms with E-state index in [9.17, 15) is 9.90 Å². The molecule has 1 aliphatic rings. The number of esters is 1. The lowest BCUT2D eigenvalue weighted by Gasteiger charge is -2.30. The molecule has 1 aliphatic heterocycles. The van der Waals surface area contributed by atoms with E-state index < -0.39 is 0 Å². The Hall–Kier alpha value is -1.85. The van der Waals surface area contributed by atoms with Crippen molar-refractivity contribution in [1.82, 2.24) is 4.90 Å². The maximum absolute atomic E-state index is 12.3. The molecule has 0 radical (unpaired) electrons. The Kier molecular flexibility index (Phi) is 4.98. The first kappa shape index (κ1) is 16.0. The van der Waals surface area contributed by atoms with Crippen molar-refractivity contribution in [2.45, 2.75) is 26.3 Å². The molecular formula is C18H23NO4. The average Bonchev–Trinajstić information content (AvgIpc) is 2.93. The van der Waals surface area contributed by atoms with Gasteiger partial charge in [-0.25, -0.2) is 4.79 Å². The fourth-order valence-corrected chi connectivity index (χ4v) is 3.16. The summed E-state index contributed by atoms with van der Waals surface area (Å²) in [5.74, 6) is 0.747. The zero-order valence-electron chi connectivity index (χ0n) is 13.5. The Morgan fingerprint density at radius 2 is 2.09 bits per heavy atom. The van der Waals surface area contributed by atoms with Crippen LogP contribution in [0.5, 0.6) is 0 Å². The van der Waals surface area contributed by atoms with E-state index in [2.05, 4.69) is 4.90 Å². The summed E-state index contributed by atoms with van der Waals surface area (Å²) in [4.78, 5) is 14.6. The van der Waals surface area contributed by atoms with Crippen LogP contribution in [0.1, 0.15) is 35.9 Å². The van der Waals surface area contributed by atoms with E-state index in [0.29, 0.717) is 30.4 Å². The van der Waals surface area contributed by atoms with Gasteiger partial charge in [-0.3, -0.25) is 4.90 Å². The van der Waals surface area contributed by atoms with Crippen LogP contribution in [0.15, 0.2) is 28.7 Å². The lowest BCUT2D eigenvalue weighted by atomic mass is 9.98. The molecule has 5 heteroatoms. The maximum atomic E-state index is 12.3. The Balaban J connectivity index is 1.85. The first-order valence-electron chi connectivity index (χ1n) is 8.23. The van der Waals surface area contributed by atoms with Crippen molar-refractivity contribution in [1.29, 1.82) is 0 Å². The van der Waals surface area contributed by atoms with Gasteiger partial charge in [0.25, 0.3) is 0 Å². The molecule has 0 saturated carbocycles. The van der Waals surface area contributed by atoms with Gasteiger partial charge >= 0.3 is 5.97 Å². The highest BCUT2D eigenvalue weighted by Crippen LogP contribution is 2.29. The maximum Gasteiger partial charge on any atom is 0.342 e. The topological polar surface area (TPSA) is 62.9 Å². The number of carbonyl (C=O) groups excluding carboxylic acids is 1. The number of benzene rings is 1. The second kappa shape index (κ2) is 7.15. The van der Waals surface area contributed by atoms with Gasteiger partial charge in [0.1, 0.15) is 16.9 Å². The van der Waals surface area contributed by atoms with Gasteiger partial charge in [0.2, 0.25) is 0 Å². The summed E-state index contributed by atoms with van der Waals surface area (Å²) >= 11 is 0. The van der Waals surface area contributed by atoms with Gasteiger partial charge in [-0.2, -0.15) is 0 Å². The molecule has 0 atom stereocenters. The van der Waals surface area contributed by atoms with Gasteiger partial charge in [0, 0.05) is 12.0 Å². The quantitative estimate of drug-likeness (QED) is 0.859. The highest BCUT2D eigenvalue weighted by atomic mass is 16.5. The summed E-state index contributed by atoms with van der Waals surface area (Å²) in [6.07, 6.45) is 1.96. The lowest BCUT2D eigenvalue weighted by molar-refractivity contribution is 0.0522. The summed E-state index contributed by atoms with van der Waals surface area (Å²) in [7, 11) is 0. The average molecular weight is 317 g/mol. The zero-order chi connectivity index (χ0) is 16.2. The van der Waals surface area contributed by atoms with Crippen molar-refractivity contribution in [2.75, 3.05) is 26.3 Å². The number of carbonyl (C=O) groups is 1. The van der Waals surface area contributed by atoms with Gasteiger partial charge in [-0.15, -0.1) is 0 Å². The van der Waals surface area contributed by atoms with Crippen molar-refractivity contribution in [3.05, 3.63) is 35.6 Å². The van der Waals surface area contributed by atoms with Crippen molar-refractivity contribution in [2.24, 2.45) is 5.92 Å². The standard InChI is InChI=1S/C18H23NO4/c1-2-22-18(21)17-14-5-3-4-6-15(14)23-16(17)11-19-9-7-13(12-20)8-10-19/h3-6,13,20H,2,7-12H2,1H3. The highest BCUT2D eigenvalue weighted by molar-refractivity contribution is 6.04. The van der Waals surface area contributed by atoms with Crippen LogP contribution in [0.25, 0.3) is 11.0 Å². The molecule has 3 rings (SSSR count). The molecule has 2 aromatic rings. The summed E-state index contributed by atoms with van der Waals surface area (Å²) in [5, 5.41) is 10.1. The number of likely N-dealkylation sites (tertiary alicyclic amines) is 1. The second-order valence-electron chi connectivity index (χ2n) is 6.02. The number of furan rings is 1. The van der Waals surface area contributed by atoms with E-state index in [4.69, 9.17) is 9.15 Å². The number of nitrogens with zero attached hydrogens (tertiary/aromatic N) is 1. The van der Waals surface area contributed by atoms with Gasteiger partial charge < -0.3 is 14.3 Å². The van der Waals surface area contributed by atoms with Crippen LogP contribution < -0.4 is 0 Å². The molecular weight excluding hydrogens is 294 g/mol. The van der Waals surface area contributed by atoms with E-state index in [0.717, 1.165) is 36.9 Å². The van der Waals surface area contributed by atoms with Gasteiger partial charge in [0.05, 0.1) is 13.2 Å². The SMILES string of the molecule is CCOC(=O)c1c(CN2CCC(CO)CC2)oc2ccccc12. The summed E-state index contributed by atoms with van der Waals surface area (Å²) < 4.78 is 11.1. The number of rotatable bonds is 5. The fraction of sp³-hybridized carbons (Fsp3) is 0.500. The summed E-state index contributed by atoms with van der Waals surface area (Å²) in [5.41, 5.74) is 1.27. The highest BCUT2D eigenvalue weighted by Gasteiger charge is 2.25. The molecule has 124 valence electrons. The van der Waals surface area contributed by atoms with Crippen LogP contribution in [-0.4, -0.2) is 42.3 Å². The number of aliphatic hydroxyl groups is 1. The van der Waals surface area contributed by atoms with Crippen LogP contribution in [0.4, 0.5) is 0 Å². The van der Waals surface area contributed by atoms with E-state index in [1.807, 2.05) is 24.3 Å². The number of piperidine rings is 1. The minimum atomic E-state index is -0.322. The van der Waals surface area contributed by atoms with Crippen molar-refractivity contribution < 1.29 is 19.1 Å². The summed E-state index contributed by atoms with van der Waals surface area (Å²) in [6.45, 7) is 4.82. The second-order valence-corrected chi connectivity index (χ2v) is 6.02. The number of para-hydroxylation sites is 1. The number of hydrogen-bond acceptors (Lipinski definition) is 5. The van der Waals surface area contributed by atoms with Crippen LogP contribution in [-0.2, 0) is 11.3 Å². The smallest absolute Gasteiger partial charge is 0.342 e. The van der Waals surface area contributed by atoms with E-state index in [1.165, 1.54) is 0 Å². The number of hydrogen-bond donors (Lipinski definition) is 1. The number of aliphatic hydroxyl groups excluding tert-OH is 1. The fourth-order valence-electron chi connectivity index (χ4n) is 3.16. The zero-order valence-corrected chi connectivity index (χ0v) is 13.5. The molecule has 23 heavy (non-hydrogen) atoms. The van der Waals surface area contributed by atoms with E-state index in [-0.39, 0.29) is 12.6 Å². The first-order valence-corrected chi connectivity index (χ1v) is 8.23. The van der Waals surface area contributed by atoms with Crippen molar-refractivity contribution >= 4 is 16.9 Å². The monoisotopic (exact) mass is 317 g/mol. The predicted octanol–water partition coefficient (Wildman–Crippen LogP) is 2.81. The minimum absolute atomic E-state index is 0.257. The summed E-state index contributed by atoms with van der Waals surface area (Å²) in [6, 6.07) is 7.57. The van der Waals surface area contributed by atoms with Crippen LogP contribution in [0.3, 0.4) is 0 Å². The Labute approximate surface area is 135 Å². The van der Waals surface area contributed by atoms with Crippen LogP contribution in [0, 0.1) is 5.92 Å². The third kappa shape index (κ3) is 3.41. The van der Waals surface area contributed by atoms with Crippen LogP contribution >= 0.6 is 0 Å². The molecule has 0 unspecified atom stereocenters. The molecule has 0 aliphatic carbocycles.